The number of fused-ring (bicyclic) bond motifs is 1. The lowest BCUT2D eigenvalue weighted by atomic mass is 10.3. The van der Waals surface area contributed by atoms with Crippen LogP contribution in [0.4, 0.5) is 0 Å². The summed E-state index contributed by atoms with van der Waals surface area (Å²) in [5, 5.41) is 6.32. The van der Waals surface area contributed by atoms with Crippen LogP contribution in [0.2, 0.25) is 0 Å². The monoisotopic (exact) mass is 345 g/mol. The van der Waals surface area contributed by atoms with Crippen molar-refractivity contribution < 1.29 is 9.53 Å². The van der Waals surface area contributed by atoms with E-state index in [9.17, 15) is 4.79 Å². The predicted octanol–water partition coefficient (Wildman–Crippen LogP) is 1.85. The molecule has 136 valence electrons. The highest BCUT2D eigenvalue weighted by atomic mass is 16.5. The van der Waals surface area contributed by atoms with Gasteiger partial charge in [0.2, 0.25) is 0 Å². The van der Waals surface area contributed by atoms with Gasteiger partial charge in [0, 0.05) is 26.2 Å². The Morgan fingerprint density at radius 3 is 2.88 bits per heavy atom. The number of methoxy groups -OCH3 is 1. The Bertz CT molecular complexity index is 723. The number of aryl methyl sites for hydroxylation is 2. The summed E-state index contributed by atoms with van der Waals surface area (Å²) in [6, 6.07) is 8.17. The molecule has 0 radical (unpaired) electrons. The number of nitrogens with one attached hydrogen (secondary N) is 2. The van der Waals surface area contributed by atoms with E-state index < -0.39 is 0 Å². The number of hydrogen-bond acceptors (Lipinski definition) is 4. The van der Waals surface area contributed by atoms with E-state index in [1.165, 1.54) is 7.11 Å². The van der Waals surface area contributed by atoms with Crippen LogP contribution in [0, 0.1) is 6.92 Å². The Kier molecular flexibility index (Phi) is 7.25. The topological polar surface area (TPSA) is 80.5 Å². The summed E-state index contributed by atoms with van der Waals surface area (Å²) in [6.45, 7) is 6.89. The molecule has 1 aromatic heterocycles. The molecule has 0 aliphatic heterocycles. The molecule has 25 heavy (non-hydrogen) atoms. The fraction of sp³-hybridized carbons (Fsp3) is 0.500. The number of guanidine groups is 1. The number of hydrogen-bond donors (Lipinski definition) is 2. The molecular formula is C18H27N5O2. The number of aliphatic imine (C=N–C) groups is 1. The molecule has 7 heteroatoms. The number of ether oxygens (including phenoxy) is 1. The minimum atomic E-state index is -0.231. The molecule has 0 saturated carbocycles. The second kappa shape index (κ2) is 9.66. The summed E-state index contributed by atoms with van der Waals surface area (Å²) in [6.07, 6.45) is 1.23. The number of esters is 1. The summed E-state index contributed by atoms with van der Waals surface area (Å²) in [4.78, 5) is 20.3. The first kappa shape index (κ1) is 18.8. The van der Waals surface area contributed by atoms with Crippen LogP contribution in [0.1, 0.15) is 25.6 Å². The highest BCUT2D eigenvalue weighted by Crippen LogP contribution is 2.15. The molecule has 7 nitrogen and oxygen atoms in total. The van der Waals surface area contributed by atoms with E-state index in [0.29, 0.717) is 19.5 Å². The maximum atomic E-state index is 11.2. The van der Waals surface area contributed by atoms with Gasteiger partial charge in [0.25, 0.3) is 0 Å². The van der Waals surface area contributed by atoms with E-state index >= 15 is 0 Å². The van der Waals surface area contributed by atoms with Gasteiger partial charge in [-0.2, -0.15) is 0 Å². The lowest BCUT2D eigenvalue weighted by Crippen LogP contribution is -2.38. The largest absolute Gasteiger partial charge is 0.469 e. The zero-order chi connectivity index (χ0) is 18.1. The zero-order valence-electron chi connectivity index (χ0n) is 15.2. The molecule has 0 amide bonds. The van der Waals surface area contributed by atoms with E-state index in [1.54, 1.807) is 0 Å². The normalized spacial score (nSPS) is 11.6. The maximum absolute atomic E-state index is 11.2. The van der Waals surface area contributed by atoms with Crippen molar-refractivity contribution in [3.05, 3.63) is 30.1 Å². The Labute approximate surface area is 148 Å². The fourth-order valence-corrected chi connectivity index (χ4v) is 2.62. The first-order valence-corrected chi connectivity index (χ1v) is 8.66. The molecular weight excluding hydrogens is 318 g/mol. The molecule has 0 aliphatic carbocycles. The fourth-order valence-electron chi connectivity index (χ4n) is 2.62. The van der Waals surface area contributed by atoms with Gasteiger partial charge < -0.3 is 19.9 Å². The number of nitrogens with zero attached hydrogens (tertiary/aromatic N) is 3. The molecule has 0 atom stereocenters. The number of carbonyl (C=O) groups is 1. The molecule has 2 aromatic rings. The lowest BCUT2D eigenvalue weighted by molar-refractivity contribution is -0.140. The third kappa shape index (κ3) is 5.48. The Morgan fingerprint density at radius 1 is 1.32 bits per heavy atom. The number of carbonyl (C=O) groups excluding carboxylic acids is 1. The number of para-hydroxylation sites is 2. The standard InChI is InChI=1S/C18H27N5O2/c1-4-19-18(21-12-10-17(24)25-3)20-11-7-13-23-14(2)22-15-8-5-6-9-16(15)23/h5-6,8-9H,4,7,10-13H2,1-3H3,(H2,19,20,21). The van der Waals surface area contributed by atoms with Crippen LogP contribution < -0.4 is 10.6 Å². The maximum Gasteiger partial charge on any atom is 0.307 e. The number of benzene rings is 1. The lowest BCUT2D eigenvalue weighted by Gasteiger charge is -2.11. The van der Waals surface area contributed by atoms with Crippen LogP contribution >= 0.6 is 0 Å². The van der Waals surface area contributed by atoms with Gasteiger partial charge in [-0.05, 0) is 32.4 Å². The van der Waals surface area contributed by atoms with E-state index in [1.807, 2.05) is 32.0 Å². The van der Waals surface area contributed by atoms with E-state index in [2.05, 4.69) is 36.0 Å². The summed E-state index contributed by atoms with van der Waals surface area (Å²) >= 11 is 0. The molecule has 0 bridgehead atoms. The van der Waals surface area contributed by atoms with Crippen molar-refractivity contribution in [2.75, 3.05) is 26.7 Å². The molecule has 0 fully saturated rings. The average molecular weight is 345 g/mol. The summed E-state index contributed by atoms with van der Waals surface area (Å²) in [5.41, 5.74) is 2.19. The molecule has 2 N–H and O–H groups in total. The quantitative estimate of drug-likeness (QED) is 0.330. The van der Waals surface area contributed by atoms with Crippen LogP contribution in [0.15, 0.2) is 29.3 Å². The van der Waals surface area contributed by atoms with Crippen molar-refractivity contribution in [3.63, 3.8) is 0 Å². The molecule has 1 heterocycles. The second-order valence-corrected chi connectivity index (χ2v) is 5.67. The van der Waals surface area contributed by atoms with E-state index in [4.69, 9.17) is 0 Å². The highest BCUT2D eigenvalue weighted by Gasteiger charge is 2.06. The van der Waals surface area contributed by atoms with Gasteiger partial charge in [-0.25, -0.2) is 4.98 Å². The van der Waals surface area contributed by atoms with Gasteiger partial charge in [-0.15, -0.1) is 0 Å². The Morgan fingerprint density at radius 2 is 2.12 bits per heavy atom. The van der Waals surface area contributed by atoms with Crippen molar-refractivity contribution in [3.8, 4) is 0 Å². The van der Waals surface area contributed by atoms with Crippen LogP contribution in [0.5, 0.6) is 0 Å². The third-order valence-electron chi connectivity index (χ3n) is 3.85. The predicted molar refractivity (Wildman–Crippen MR) is 99.7 cm³/mol. The van der Waals surface area contributed by atoms with Gasteiger partial charge in [0.1, 0.15) is 5.82 Å². The van der Waals surface area contributed by atoms with E-state index in [0.717, 1.165) is 42.3 Å². The van der Waals surface area contributed by atoms with Gasteiger partial charge >= 0.3 is 5.97 Å². The number of imidazole rings is 1. The van der Waals surface area contributed by atoms with Crippen LogP contribution in [-0.2, 0) is 16.1 Å². The SMILES string of the molecule is CCNC(=NCCCn1c(C)nc2ccccc21)NCCC(=O)OC. The van der Waals surface area contributed by atoms with Crippen molar-refractivity contribution in [2.24, 2.45) is 4.99 Å². The minimum Gasteiger partial charge on any atom is -0.469 e. The van der Waals surface area contributed by atoms with Gasteiger partial charge in [0.05, 0.1) is 24.6 Å². The van der Waals surface area contributed by atoms with Crippen molar-refractivity contribution in [1.29, 1.82) is 0 Å². The molecule has 1 aromatic carbocycles. The zero-order valence-corrected chi connectivity index (χ0v) is 15.2. The number of rotatable bonds is 8. The van der Waals surface area contributed by atoms with Gasteiger partial charge in [-0.3, -0.25) is 9.79 Å². The smallest absolute Gasteiger partial charge is 0.307 e. The van der Waals surface area contributed by atoms with Crippen molar-refractivity contribution >= 4 is 23.0 Å². The summed E-state index contributed by atoms with van der Waals surface area (Å²) < 4.78 is 6.85. The van der Waals surface area contributed by atoms with Crippen LogP contribution in [-0.4, -0.2) is 48.2 Å². The van der Waals surface area contributed by atoms with E-state index in [-0.39, 0.29) is 5.97 Å². The van der Waals surface area contributed by atoms with Crippen molar-refractivity contribution in [2.45, 2.75) is 33.2 Å². The molecule has 0 unspecified atom stereocenters. The number of aromatic nitrogens is 2. The third-order valence-corrected chi connectivity index (χ3v) is 3.85. The molecule has 2 rings (SSSR count). The van der Waals surface area contributed by atoms with Gasteiger partial charge in [-0.1, -0.05) is 12.1 Å². The van der Waals surface area contributed by atoms with Crippen molar-refractivity contribution in [1.82, 2.24) is 20.2 Å². The summed E-state index contributed by atoms with van der Waals surface area (Å²) in [7, 11) is 1.39. The average Bonchev–Trinajstić information content (AvgIpc) is 2.93. The van der Waals surface area contributed by atoms with Gasteiger partial charge in [0.15, 0.2) is 5.96 Å². The first-order chi connectivity index (χ1) is 12.2. The summed E-state index contributed by atoms with van der Waals surface area (Å²) in [5.74, 6) is 1.51. The first-order valence-electron chi connectivity index (χ1n) is 8.66. The Balaban J connectivity index is 1.86. The minimum absolute atomic E-state index is 0.231. The van der Waals surface area contributed by atoms with Crippen LogP contribution in [0.25, 0.3) is 11.0 Å². The highest BCUT2D eigenvalue weighted by molar-refractivity contribution is 5.80. The Hall–Kier alpha value is -2.57. The molecule has 0 aliphatic rings. The molecule has 0 saturated heterocycles. The second-order valence-electron chi connectivity index (χ2n) is 5.67. The molecule has 0 spiro atoms. The van der Waals surface area contributed by atoms with Crippen LogP contribution in [0.3, 0.4) is 0 Å².